The maximum absolute atomic E-state index is 6.01. The van der Waals surface area contributed by atoms with Crippen LogP contribution in [0.5, 0.6) is 0 Å². The Labute approximate surface area is 109 Å². The van der Waals surface area contributed by atoms with Crippen LogP contribution in [-0.2, 0) is 0 Å². The summed E-state index contributed by atoms with van der Waals surface area (Å²) in [5.74, 6) is 0.858. The van der Waals surface area contributed by atoms with Crippen molar-refractivity contribution in [3.8, 4) is 0 Å². The number of rotatable bonds is 2. The lowest BCUT2D eigenvalue weighted by molar-refractivity contribution is 0.188. The van der Waals surface area contributed by atoms with E-state index in [0.29, 0.717) is 6.04 Å². The molecule has 3 heterocycles. The number of nitrogens with one attached hydrogen (secondary N) is 1. The number of nitrogens with zero attached hydrogens (tertiary/aromatic N) is 2. The fourth-order valence-corrected chi connectivity index (χ4v) is 3.26. The van der Waals surface area contributed by atoms with E-state index >= 15 is 0 Å². The predicted molar refractivity (Wildman–Crippen MR) is 74.6 cm³/mol. The number of nitrogen functional groups attached to an aromatic ring is 1. The van der Waals surface area contributed by atoms with E-state index in [1.807, 2.05) is 19.2 Å². The average molecular weight is 246 g/mol. The highest BCUT2D eigenvalue weighted by atomic mass is 15.2. The van der Waals surface area contributed by atoms with E-state index < -0.39 is 0 Å². The maximum Gasteiger partial charge on any atom is 0.149 e. The number of piperidine rings is 1. The second-order valence-corrected chi connectivity index (χ2v) is 5.65. The molecule has 1 aromatic rings. The van der Waals surface area contributed by atoms with Crippen LogP contribution in [0.15, 0.2) is 12.3 Å². The smallest absolute Gasteiger partial charge is 0.149 e. The van der Waals surface area contributed by atoms with Crippen molar-refractivity contribution in [2.24, 2.45) is 0 Å². The van der Waals surface area contributed by atoms with Gasteiger partial charge in [-0.1, -0.05) is 0 Å². The monoisotopic (exact) mass is 246 g/mol. The summed E-state index contributed by atoms with van der Waals surface area (Å²) in [5, 5.41) is 3.53. The first kappa shape index (κ1) is 11.8. The van der Waals surface area contributed by atoms with Crippen molar-refractivity contribution >= 4 is 11.5 Å². The molecule has 98 valence electrons. The zero-order valence-corrected chi connectivity index (χ0v) is 11.0. The van der Waals surface area contributed by atoms with Crippen LogP contribution in [0.4, 0.5) is 11.5 Å². The summed E-state index contributed by atoms with van der Waals surface area (Å²) in [4.78, 5) is 7.04. The zero-order chi connectivity index (χ0) is 12.5. The number of aryl methyl sites for hydroxylation is 1. The van der Waals surface area contributed by atoms with Crippen molar-refractivity contribution in [3.63, 3.8) is 0 Å². The predicted octanol–water partition coefficient (Wildman–Crippen LogP) is 2.01. The number of hydrogen-bond donors (Lipinski definition) is 2. The van der Waals surface area contributed by atoms with Gasteiger partial charge < -0.3 is 16.0 Å². The van der Waals surface area contributed by atoms with Gasteiger partial charge in [0.1, 0.15) is 5.82 Å². The Balaban J connectivity index is 1.66. The lowest BCUT2D eigenvalue weighted by Crippen LogP contribution is -2.42. The van der Waals surface area contributed by atoms with Crippen LogP contribution in [0.2, 0.25) is 0 Å². The number of fused-ring (bicyclic) bond motifs is 1. The van der Waals surface area contributed by atoms with E-state index in [0.717, 1.165) is 23.1 Å². The first-order chi connectivity index (χ1) is 8.72. The average Bonchev–Trinajstić information content (AvgIpc) is 2.80. The Morgan fingerprint density at radius 1 is 1.39 bits per heavy atom. The molecule has 2 fully saturated rings. The minimum atomic E-state index is 0.529. The van der Waals surface area contributed by atoms with Crippen LogP contribution in [0, 0.1) is 6.92 Å². The summed E-state index contributed by atoms with van der Waals surface area (Å²) < 4.78 is 0. The molecule has 2 atom stereocenters. The second-order valence-electron chi connectivity index (χ2n) is 5.65. The van der Waals surface area contributed by atoms with E-state index in [4.69, 9.17) is 5.73 Å². The lowest BCUT2D eigenvalue weighted by atomic mass is 9.97. The summed E-state index contributed by atoms with van der Waals surface area (Å²) in [6.45, 7) is 4.53. The molecule has 2 unspecified atom stereocenters. The molecule has 0 amide bonds. The molecule has 0 radical (unpaired) electrons. The minimum Gasteiger partial charge on any atom is -0.396 e. The summed E-state index contributed by atoms with van der Waals surface area (Å²) in [6, 6.07) is 3.30. The Morgan fingerprint density at radius 3 is 3.11 bits per heavy atom. The van der Waals surface area contributed by atoms with Gasteiger partial charge in [0, 0.05) is 24.8 Å². The molecule has 18 heavy (non-hydrogen) atoms. The quantitative estimate of drug-likeness (QED) is 0.838. The van der Waals surface area contributed by atoms with Crippen LogP contribution in [-0.4, -0.2) is 35.1 Å². The molecule has 0 saturated carbocycles. The molecular weight excluding hydrogens is 224 g/mol. The molecular formula is C14H22N4. The van der Waals surface area contributed by atoms with Gasteiger partial charge in [-0.3, -0.25) is 0 Å². The normalized spacial score (nSPS) is 28.1. The van der Waals surface area contributed by atoms with Crippen molar-refractivity contribution < 1.29 is 0 Å². The van der Waals surface area contributed by atoms with E-state index in [1.54, 1.807) is 0 Å². The number of anilines is 2. The first-order valence-corrected chi connectivity index (χ1v) is 6.95. The topological polar surface area (TPSA) is 54.2 Å². The number of pyridine rings is 1. The van der Waals surface area contributed by atoms with Gasteiger partial charge in [-0.2, -0.15) is 0 Å². The van der Waals surface area contributed by atoms with Crippen molar-refractivity contribution in [2.45, 2.75) is 44.7 Å². The molecule has 0 aliphatic carbocycles. The molecule has 2 aliphatic rings. The fraction of sp³-hybridized carbons (Fsp3) is 0.643. The molecule has 2 aliphatic heterocycles. The van der Waals surface area contributed by atoms with Gasteiger partial charge >= 0.3 is 0 Å². The largest absolute Gasteiger partial charge is 0.396 e. The SMILES string of the molecule is Cc1cnc(NC2CCN3CCCC3C2)c(N)c1. The van der Waals surface area contributed by atoms with Crippen LogP contribution in [0.1, 0.15) is 31.2 Å². The second kappa shape index (κ2) is 4.76. The summed E-state index contributed by atoms with van der Waals surface area (Å²) in [7, 11) is 0. The van der Waals surface area contributed by atoms with E-state index in [9.17, 15) is 0 Å². The zero-order valence-electron chi connectivity index (χ0n) is 11.0. The molecule has 3 N–H and O–H groups in total. The van der Waals surface area contributed by atoms with Gasteiger partial charge in [0.2, 0.25) is 0 Å². The summed E-state index contributed by atoms with van der Waals surface area (Å²) in [5.41, 5.74) is 7.89. The molecule has 2 saturated heterocycles. The standard InChI is InChI=1S/C14H22N4/c1-10-7-13(15)14(16-9-10)17-11-4-6-18-5-2-3-12(18)8-11/h7,9,11-12H,2-6,8,15H2,1H3,(H,16,17). The van der Waals surface area contributed by atoms with Gasteiger partial charge in [0.25, 0.3) is 0 Å². The van der Waals surface area contributed by atoms with Crippen LogP contribution in [0.25, 0.3) is 0 Å². The highest BCUT2D eigenvalue weighted by molar-refractivity contribution is 5.62. The highest BCUT2D eigenvalue weighted by Gasteiger charge is 2.31. The Bertz CT molecular complexity index is 432. The Kier molecular flexibility index (Phi) is 3.12. The molecule has 0 spiro atoms. The highest BCUT2D eigenvalue weighted by Crippen LogP contribution is 2.29. The molecule has 0 bridgehead atoms. The fourth-order valence-electron chi connectivity index (χ4n) is 3.26. The molecule has 0 aromatic carbocycles. The van der Waals surface area contributed by atoms with Gasteiger partial charge in [-0.25, -0.2) is 4.98 Å². The van der Waals surface area contributed by atoms with Gasteiger partial charge in [0.15, 0.2) is 0 Å². The van der Waals surface area contributed by atoms with E-state index in [2.05, 4.69) is 15.2 Å². The summed E-state index contributed by atoms with van der Waals surface area (Å²) in [6.07, 6.45) is 7.03. The number of aromatic nitrogens is 1. The van der Waals surface area contributed by atoms with Gasteiger partial charge in [0.05, 0.1) is 5.69 Å². The third kappa shape index (κ3) is 2.29. The summed E-state index contributed by atoms with van der Waals surface area (Å²) >= 11 is 0. The van der Waals surface area contributed by atoms with Crippen molar-refractivity contribution in [1.82, 2.24) is 9.88 Å². The van der Waals surface area contributed by atoms with Crippen molar-refractivity contribution in [1.29, 1.82) is 0 Å². The van der Waals surface area contributed by atoms with Crippen LogP contribution >= 0.6 is 0 Å². The number of hydrogen-bond acceptors (Lipinski definition) is 4. The lowest BCUT2D eigenvalue weighted by Gasteiger charge is -2.35. The van der Waals surface area contributed by atoms with E-state index in [1.165, 1.54) is 38.8 Å². The Hall–Kier alpha value is -1.29. The number of nitrogens with two attached hydrogens (primary N) is 1. The van der Waals surface area contributed by atoms with Crippen LogP contribution in [0.3, 0.4) is 0 Å². The van der Waals surface area contributed by atoms with Crippen molar-refractivity contribution in [2.75, 3.05) is 24.1 Å². The van der Waals surface area contributed by atoms with Crippen molar-refractivity contribution in [3.05, 3.63) is 17.8 Å². The third-order valence-corrected chi connectivity index (χ3v) is 4.22. The van der Waals surface area contributed by atoms with Crippen LogP contribution < -0.4 is 11.1 Å². The van der Waals surface area contributed by atoms with E-state index in [-0.39, 0.29) is 0 Å². The molecule has 1 aromatic heterocycles. The molecule has 3 rings (SSSR count). The minimum absolute atomic E-state index is 0.529. The third-order valence-electron chi connectivity index (χ3n) is 4.22. The van der Waals surface area contributed by atoms with Gasteiger partial charge in [-0.05, 0) is 50.8 Å². The molecule has 4 heteroatoms. The first-order valence-electron chi connectivity index (χ1n) is 6.95. The van der Waals surface area contributed by atoms with Gasteiger partial charge in [-0.15, -0.1) is 0 Å². The maximum atomic E-state index is 6.01. The molecule has 4 nitrogen and oxygen atoms in total. The Morgan fingerprint density at radius 2 is 2.28 bits per heavy atom.